The van der Waals surface area contributed by atoms with Gasteiger partial charge in [0.05, 0.1) is 33.7 Å². The van der Waals surface area contributed by atoms with Crippen molar-refractivity contribution in [2.24, 2.45) is 0 Å². The van der Waals surface area contributed by atoms with Crippen molar-refractivity contribution in [3.8, 4) is 11.5 Å². The number of anilines is 2. The van der Waals surface area contributed by atoms with Crippen molar-refractivity contribution < 1.29 is 26.0 Å². The van der Waals surface area contributed by atoms with Crippen molar-refractivity contribution in [1.82, 2.24) is 0 Å². The molecule has 4 aromatic rings. The van der Waals surface area contributed by atoms with E-state index in [-0.39, 0.29) is 16.5 Å². The van der Waals surface area contributed by atoms with Gasteiger partial charge in [-0.25, -0.2) is 0 Å². The zero-order valence-electron chi connectivity index (χ0n) is 24.9. The van der Waals surface area contributed by atoms with Crippen LogP contribution in [0.15, 0.2) is 97.1 Å². The summed E-state index contributed by atoms with van der Waals surface area (Å²) in [5.41, 5.74) is 6.08. The van der Waals surface area contributed by atoms with Crippen LogP contribution in [0.3, 0.4) is 0 Å². The van der Waals surface area contributed by atoms with E-state index in [1.165, 1.54) is 0 Å². The van der Waals surface area contributed by atoms with E-state index in [4.69, 9.17) is 58.3 Å². The molecule has 0 aliphatic heterocycles. The molecule has 0 amide bonds. The van der Waals surface area contributed by atoms with Crippen LogP contribution >= 0.6 is 48.9 Å². The van der Waals surface area contributed by atoms with Crippen LogP contribution in [-0.2, 0) is 16.5 Å². The second-order valence-electron chi connectivity index (χ2n) is 9.66. The predicted octanol–water partition coefficient (Wildman–Crippen LogP) is 7.79. The molecule has 0 atom stereocenters. The summed E-state index contributed by atoms with van der Waals surface area (Å²) in [7, 11) is 11.3. The van der Waals surface area contributed by atoms with E-state index in [0.717, 1.165) is 45.1 Å². The molecule has 0 unspecified atom stereocenters. The summed E-state index contributed by atoms with van der Waals surface area (Å²) in [6.07, 6.45) is 0. The SMILES string of the molecule is COc1ccc(C(=S)C(=S)c2ccc(N(C)C)cc2)cc1.COc1ccc(C(=S)C(=S)c2ccc(N(C)C)cc2)cc1.[Ni]. The van der Waals surface area contributed by atoms with Crippen LogP contribution < -0.4 is 19.3 Å². The molecular weight excluding hydrogens is 655 g/mol. The van der Waals surface area contributed by atoms with Gasteiger partial charge in [0.1, 0.15) is 11.5 Å². The van der Waals surface area contributed by atoms with E-state index in [2.05, 4.69) is 9.80 Å². The summed E-state index contributed by atoms with van der Waals surface area (Å²) >= 11 is 22.0. The topological polar surface area (TPSA) is 24.9 Å². The Morgan fingerprint density at radius 1 is 0.419 bits per heavy atom. The maximum Gasteiger partial charge on any atom is 0.118 e. The molecule has 9 heteroatoms. The van der Waals surface area contributed by atoms with Crippen molar-refractivity contribution in [2.75, 3.05) is 52.2 Å². The quantitative estimate of drug-likeness (QED) is 0.0946. The fraction of sp³-hybridized carbons (Fsp3) is 0.176. The van der Waals surface area contributed by atoms with Crippen LogP contribution in [0.2, 0.25) is 0 Å². The van der Waals surface area contributed by atoms with Gasteiger partial charge in [0.15, 0.2) is 0 Å². The molecule has 226 valence electrons. The number of nitrogens with zero attached hydrogens (tertiary/aromatic N) is 2. The summed E-state index contributed by atoms with van der Waals surface area (Å²) in [5.74, 6) is 1.62. The molecule has 0 N–H and O–H groups in total. The van der Waals surface area contributed by atoms with Crippen molar-refractivity contribution >= 4 is 79.7 Å². The maximum absolute atomic E-state index is 5.51. The Hall–Kier alpha value is -3.07. The van der Waals surface area contributed by atoms with E-state index >= 15 is 0 Å². The Morgan fingerprint density at radius 3 is 0.814 bits per heavy atom. The summed E-state index contributed by atoms with van der Waals surface area (Å²) in [6, 6.07) is 31.5. The van der Waals surface area contributed by atoms with Crippen LogP contribution in [0, 0.1) is 0 Å². The molecule has 4 nitrogen and oxygen atoms in total. The summed E-state index contributed by atoms with van der Waals surface area (Å²) in [4.78, 5) is 6.86. The van der Waals surface area contributed by atoms with Gasteiger partial charge in [0, 0.05) is 56.1 Å². The average Bonchev–Trinajstić information content (AvgIpc) is 3.03. The third-order valence-corrected chi connectivity index (χ3v) is 8.43. The fourth-order valence-electron chi connectivity index (χ4n) is 3.83. The molecular formula is C34H34N2NiO2S4. The van der Waals surface area contributed by atoms with Crippen molar-refractivity contribution in [3.05, 3.63) is 119 Å². The first-order valence-electron chi connectivity index (χ1n) is 13.1. The minimum atomic E-state index is 0. The number of hydrogen-bond donors (Lipinski definition) is 0. The molecule has 0 saturated carbocycles. The number of thiocarbonyl (C=S) groups is 4. The van der Waals surface area contributed by atoms with Gasteiger partial charge in [-0.05, 0) is 95.1 Å². The molecule has 4 rings (SSSR count). The van der Waals surface area contributed by atoms with E-state index in [1.54, 1.807) is 14.2 Å². The van der Waals surface area contributed by atoms with Crippen molar-refractivity contribution in [3.63, 3.8) is 0 Å². The number of hydrogen-bond acceptors (Lipinski definition) is 8. The third-order valence-electron chi connectivity index (χ3n) is 6.41. The van der Waals surface area contributed by atoms with Crippen LogP contribution in [0.5, 0.6) is 11.5 Å². The number of ether oxygens (including phenoxy) is 2. The maximum atomic E-state index is 5.51. The van der Waals surface area contributed by atoms with Gasteiger partial charge < -0.3 is 19.3 Å². The van der Waals surface area contributed by atoms with Gasteiger partial charge in [0.25, 0.3) is 0 Å². The predicted molar refractivity (Wildman–Crippen MR) is 194 cm³/mol. The summed E-state index contributed by atoms with van der Waals surface area (Å²) < 4.78 is 10.3. The Bertz CT molecular complexity index is 1420. The molecule has 0 radical (unpaired) electrons. The second-order valence-corrected chi connectivity index (χ2v) is 11.3. The molecule has 0 aliphatic carbocycles. The summed E-state index contributed by atoms with van der Waals surface area (Å²) in [6.45, 7) is 0. The molecule has 0 spiro atoms. The molecule has 0 bridgehead atoms. The van der Waals surface area contributed by atoms with Gasteiger partial charge >= 0.3 is 0 Å². The largest absolute Gasteiger partial charge is 0.497 e. The fourth-order valence-corrected chi connectivity index (χ4v) is 4.85. The summed E-state index contributed by atoms with van der Waals surface area (Å²) in [5, 5.41) is 0. The zero-order chi connectivity index (χ0) is 30.8. The Kier molecular flexibility index (Phi) is 14.5. The molecule has 0 heterocycles. The Labute approximate surface area is 286 Å². The van der Waals surface area contributed by atoms with E-state index < -0.39 is 0 Å². The van der Waals surface area contributed by atoms with E-state index in [1.807, 2.05) is 125 Å². The first-order valence-corrected chi connectivity index (χ1v) is 14.7. The minimum Gasteiger partial charge on any atom is -0.497 e. The first-order chi connectivity index (χ1) is 20.0. The van der Waals surface area contributed by atoms with Gasteiger partial charge in [0.2, 0.25) is 0 Å². The molecule has 0 aromatic heterocycles. The smallest absolute Gasteiger partial charge is 0.118 e. The minimum absolute atomic E-state index is 0. The van der Waals surface area contributed by atoms with Crippen LogP contribution in [0.25, 0.3) is 0 Å². The van der Waals surface area contributed by atoms with Crippen LogP contribution in [0.4, 0.5) is 11.4 Å². The first kappa shape index (κ1) is 36.1. The molecule has 4 aromatic carbocycles. The van der Waals surface area contributed by atoms with Gasteiger partial charge in [-0.1, -0.05) is 73.1 Å². The van der Waals surface area contributed by atoms with Gasteiger partial charge in [-0.2, -0.15) is 0 Å². The Morgan fingerprint density at radius 2 is 0.628 bits per heavy atom. The normalized spacial score (nSPS) is 9.81. The third kappa shape index (κ3) is 9.98. The van der Waals surface area contributed by atoms with Crippen LogP contribution in [-0.4, -0.2) is 61.9 Å². The van der Waals surface area contributed by atoms with Gasteiger partial charge in [-0.15, -0.1) is 0 Å². The molecule has 0 fully saturated rings. The van der Waals surface area contributed by atoms with E-state index in [0.29, 0.717) is 19.5 Å². The standard InChI is InChI=1S/2C17H17NOS2.Ni/c2*1-18(2)14-8-4-12(5-9-14)16(20)17(21)13-6-10-15(19-3)11-7-13;/h2*4-11H,1-3H3;. The second kappa shape index (κ2) is 17.3. The number of methoxy groups -OCH3 is 2. The molecule has 43 heavy (non-hydrogen) atoms. The number of benzene rings is 4. The molecule has 0 aliphatic rings. The molecule has 0 saturated heterocycles. The Balaban J connectivity index is 0.000000293. The van der Waals surface area contributed by atoms with Crippen molar-refractivity contribution in [1.29, 1.82) is 0 Å². The van der Waals surface area contributed by atoms with Crippen LogP contribution in [0.1, 0.15) is 22.3 Å². The average molecular weight is 690 g/mol. The van der Waals surface area contributed by atoms with E-state index in [9.17, 15) is 0 Å². The number of rotatable bonds is 10. The van der Waals surface area contributed by atoms with Gasteiger partial charge in [-0.3, -0.25) is 0 Å². The van der Waals surface area contributed by atoms with Crippen molar-refractivity contribution in [2.45, 2.75) is 0 Å². The monoisotopic (exact) mass is 688 g/mol. The zero-order valence-corrected chi connectivity index (χ0v) is 29.2.